The number of pyridine rings is 1. The quantitative estimate of drug-likeness (QED) is 0.891. The molecule has 2 rings (SSSR count). The van der Waals surface area contributed by atoms with Gasteiger partial charge in [-0.2, -0.15) is 0 Å². The van der Waals surface area contributed by atoms with Gasteiger partial charge >= 0.3 is 0 Å². The average molecular weight is 256 g/mol. The largest absolute Gasteiger partial charge is 0.495 e. The Kier molecular flexibility index (Phi) is 4.53. The van der Waals surface area contributed by atoms with Crippen molar-refractivity contribution in [3.05, 3.63) is 48.3 Å². The molecule has 0 radical (unpaired) electrons. The summed E-state index contributed by atoms with van der Waals surface area (Å²) in [5.74, 6) is 0.781. The van der Waals surface area contributed by atoms with E-state index in [-0.39, 0.29) is 0 Å². The molecule has 1 aromatic heterocycles. The zero-order chi connectivity index (χ0) is 13.7. The van der Waals surface area contributed by atoms with Gasteiger partial charge in [0.05, 0.1) is 13.3 Å². The number of nitrogens with one attached hydrogen (secondary N) is 1. The van der Waals surface area contributed by atoms with Crippen LogP contribution in [0.1, 0.15) is 19.4 Å². The number of benzene rings is 1. The van der Waals surface area contributed by atoms with Crippen LogP contribution in [0.15, 0.2) is 42.7 Å². The number of ether oxygens (including phenoxy) is 1. The molecule has 0 amide bonds. The van der Waals surface area contributed by atoms with Crippen molar-refractivity contribution >= 4 is 0 Å². The zero-order valence-corrected chi connectivity index (χ0v) is 11.7. The number of nitrogens with zero attached hydrogens (tertiary/aromatic N) is 1. The van der Waals surface area contributed by atoms with Crippen molar-refractivity contribution in [3.8, 4) is 16.9 Å². The Morgan fingerprint density at radius 1 is 1.11 bits per heavy atom. The fourth-order valence-corrected chi connectivity index (χ4v) is 1.83. The molecule has 3 heteroatoms. The van der Waals surface area contributed by atoms with Gasteiger partial charge in [0.1, 0.15) is 5.75 Å². The van der Waals surface area contributed by atoms with Crippen molar-refractivity contribution in [1.29, 1.82) is 0 Å². The van der Waals surface area contributed by atoms with Crippen molar-refractivity contribution in [2.75, 3.05) is 7.11 Å². The van der Waals surface area contributed by atoms with E-state index < -0.39 is 0 Å². The highest BCUT2D eigenvalue weighted by atomic mass is 16.5. The first-order chi connectivity index (χ1) is 9.19. The van der Waals surface area contributed by atoms with Crippen LogP contribution in [0.2, 0.25) is 0 Å². The van der Waals surface area contributed by atoms with Crippen molar-refractivity contribution in [1.82, 2.24) is 10.3 Å². The van der Waals surface area contributed by atoms with Crippen LogP contribution in [0, 0.1) is 0 Å². The minimum absolute atomic E-state index is 0.502. The summed E-state index contributed by atoms with van der Waals surface area (Å²) in [6.07, 6.45) is 3.56. The van der Waals surface area contributed by atoms with E-state index in [0.717, 1.165) is 23.4 Å². The first-order valence-corrected chi connectivity index (χ1v) is 6.51. The van der Waals surface area contributed by atoms with Crippen LogP contribution in [-0.4, -0.2) is 18.1 Å². The predicted molar refractivity (Wildman–Crippen MR) is 78.2 cm³/mol. The molecule has 0 spiro atoms. The molecule has 3 nitrogen and oxygen atoms in total. The molecule has 2 aromatic rings. The van der Waals surface area contributed by atoms with Crippen LogP contribution in [0.25, 0.3) is 11.1 Å². The highest BCUT2D eigenvalue weighted by Crippen LogP contribution is 2.22. The number of hydrogen-bond acceptors (Lipinski definition) is 3. The normalized spacial score (nSPS) is 10.7. The molecule has 1 N–H and O–H groups in total. The van der Waals surface area contributed by atoms with Gasteiger partial charge in [-0.05, 0) is 17.2 Å². The monoisotopic (exact) mass is 256 g/mol. The van der Waals surface area contributed by atoms with Crippen molar-refractivity contribution in [3.63, 3.8) is 0 Å². The van der Waals surface area contributed by atoms with Crippen LogP contribution >= 0.6 is 0 Å². The number of methoxy groups -OCH3 is 1. The average Bonchev–Trinajstić information content (AvgIpc) is 2.45. The first-order valence-electron chi connectivity index (χ1n) is 6.51. The summed E-state index contributed by atoms with van der Waals surface area (Å²) in [6, 6.07) is 11.0. The third-order valence-corrected chi connectivity index (χ3v) is 2.95. The Morgan fingerprint density at radius 2 is 1.84 bits per heavy atom. The van der Waals surface area contributed by atoms with Gasteiger partial charge in [0.2, 0.25) is 0 Å². The molecule has 0 aliphatic heterocycles. The van der Waals surface area contributed by atoms with E-state index in [2.05, 4.69) is 48.4 Å². The molecule has 0 bridgehead atoms. The van der Waals surface area contributed by atoms with E-state index in [0.29, 0.717) is 6.04 Å². The second-order valence-electron chi connectivity index (χ2n) is 4.85. The topological polar surface area (TPSA) is 34.1 Å². The maximum absolute atomic E-state index is 5.19. The summed E-state index contributed by atoms with van der Waals surface area (Å²) in [5, 5.41) is 3.41. The first kappa shape index (κ1) is 13.6. The van der Waals surface area contributed by atoms with Crippen LogP contribution < -0.4 is 10.1 Å². The van der Waals surface area contributed by atoms with Gasteiger partial charge in [-0.25, -0.2) is 0 Å². The van der Waals surface area contributed by atoms with Crippen LogP contribution in [0.4, 0.5) is 0 Å². The molecule has 0 saturated carbocycles. The fraction of sp³-hybridized carbons (Fsp3) is 0.312. The lowest BCUT2D eigenvalue weighted by Crippen LogP contribution is -2.21. The van der Waals surface area contributed by atoms with Gasteiger partial charge in [0.15, 0.2) is 0 Å². The summed E-state index contributed by atoms with van der Waals surface area (Å²) in [6.45, 7) is 5.20. The Bertz CT molecular complexity index is 521. The number of hydrogen-bond donors (Lipinski definition) is 1. The summed E-state index contributed by atoms with van der Waals surface area (Å²) >= 11 is 0. The highest BCUT2D eigenvalue weighted by molar-refractivity contribution is 5.64. The molecule has 0 saturated heterocycles. The number of rotatable bonds is 5. The summed E-state index contributed by atoms with van der Waals surface area (Å²) in [5.41, 5.74) is 3.51. The second kappa shape index (κ2) is 6.34. The van der Waals surface area contributed by atoms with E-state index >= 15 is 0 Å². The lowest BCUT2D eigenvalue weighted by molar-refractivity contribution is 0.413. The lowest BCUT2D eigenvalue weighted by Gasteiger charge is -2.09. The van der Waals surface area contributed by atoms with Gasteiger partial charge in [0.25, 0.3) is 0 Å². The molecule has 100 valence electrons. The van der Waals surface area contributed by atoms with Gasteiger partial charge < -0.3 is 10.1 Å². The molecule has 0 atom stereocenters. The molecule has 0 unspecified atom stereocenters. The van der Waals surface area contributed by atoms with Crippen LogP contribution in [-0.2, 0) is 6.54 Å². The Morgan fingerprint density at radius 3 is 2.47 bits per heavy atom. The van der Waals surface area contributed by atoms with E-state index in [9.17, 15) is 0 Å². The fourth-order valence-electron chi connectivity index (χ4n) is 1.83. The summed E-state index contributed by atoms with van der Waals surface area (Å²) in [7, 11) is 1.65. The molecule has 19 heavy (non-hydrogen) atoms. The van der Waals surface area contributed by atoms with E-state index in [1.54, 1.807) is 13.3 Å². The smallest absolute Gasteiger partial charge is 0.137 e. The third kappa shape index (κ3) is 3.80. The lowest BCUT2D eigenvalue weighted by atomic mass is 10.1. The van der Waals surface area contributed by atoms with E-state index in [1.807, 2.05) is 12.3 Å². The second-order valence-corrected chi connectivity index (χ2v) is 4.85. The molecular formula is C16H20N2O. The highest BCUT2D eigenvalue weighted by Gasteiger charge is 2.01. The Hall–Kier alpha value is -1.87. The van der Waals surface area contributed by atoms with Crippen molar-refractivity contribution in [2.45, 2.75) is 26.4 Å². The minimum Gasteiger partial charge on any atom is -0.495 e. The molecule has 1 heterocycles. The molecule has 0 fully saturated rings. The van der Waals surface area contributed by atoms with Crippen molar-refractivity contribution in [2.24, 2.45) is 0 Å². The number of aromatic nitrogens is 1. The van der Waals surface area contributed by atoms with Gasteiger partial charge in [-0.3, -0.25) is 4.98 Å². The van der Waals surface area contributed by atoms with E-state index in [1.165, 1.54) is 5.56 Å². The maximum atomic E-state index is 5.19. The molecular weight excluding hydrogens is 236 g/mol. The Labute approximate surface area is 114 Å². The maximum Gasteiger partial charge on any atom is 0.137 e. The Balaban J connectivity index is 2.13. The SMILES string of the molecule is COc1cncc(-c2ccc(CNC(C)C)cc2)c1. The summed E-state index contributed by atoms with van der Waals surface area (Å²) < 4.78 is 5.19. The molecule has 0 aliphatic carbocycles. The van der Waals surface area contributed by atoms with Crippen molar-refractivity contribution < 1.29 is 4.74 Å². The van der Waals surface area contributed by atoms with Crippen LogP contribution in [0.5, 0.6) is 5.75 Å². The molecule has 1 aromatic carbocycles. The predicted octanol–water partition coefficient (Wildman–Crippen LogP) is 3.26. The third-order valence-electron chi connectivity index (χ3n) is 2.95. The minimum atomic E-state index is 0.502. The van der Waals surface area contributed by atoms with Gasteiger partial charge in [0, 0.05) is 24.3 Å². The van der Waals surface area contributed by atoms with Crippen LogP contribution in [0.3, 0.4) is 0 Å². The molecule has 0 aliphatic rings. The van der Waals surface area contributed by atoms with Gasteiger partial charge in [-0.15, -0.1) is 0 Å². The standard InChI is InChI=1S/C16H20N2O/c1-12(2)18-9-13-4-6-14(7-5-13)15-8-16(19-3)11-17-10-15/h4-8,10-12,18H,9H2,1-3H3. The summed E-state index contributed by atoms with van der Waals surface area (Å²) in [4.78, 5) is 4.18. The zero-order valence-electron chi connectivity index (χ0n) is 11.7. The van der Waals surface area contributed by atoms with E-state index in [4.69, 9.17) is 4.74 Å². The van der Waals surface area contributed by atoms with Gasteiger partial charge in [-0.1, -0.05) is 38.1 Å².